The molecule has 3 aliphatic rings. The Kier molecular flexibility index (Phi) is 9.51. The summed E-state index contributed by atoms with van der Waals surface area (Å²) >= 11 is 0.916. The summed E-state index contributed by atoms with van der Waals surface area (Å²) in [5, 5.41) is 15.0. The number of likely N-dealkylation sites (tertiary alicyclic amines) is 1. The number of aryl methyl sites for hydroxylation is 2. The fraction of sp³-hybridized carbons (Fsp3) is 0.595. The molecular weight excluding hydrogens is 710 g/mol. The molecule has 10 nitrogen and oxygen atoms in total. The van der Waals surface area contributed by atoms with Crippen LogP contribution in [0.5, 0.6) is 0 Å². The molecule has 3 aromatic heterocycles. The van der Waals surface area contributed by atoms with Crippen molar-refractivity contribution in [3.05, 3.63) is 51.8 Å². The number of benzene rings is 1. The summed E-state index contributed by atoms with van der Waals surface area (Å²) in [5.74, 6) is 1.04. The molecule has 5 heterocycles. The number of thiophene rings is 1. The summed E-state index contributed by atoms with van der Waals surface area (Å²) < 4.78 is 91.9. The fourth-order valence-corrected chi connectivity index (χ4v) is 10.6. The Morgan fingerprint density at radius 1 is 1.08 bits per heavy atom. The second kappa shape index (κ2) is 14.9. The van der Waals surface area contributed by atoms with Gasteiger partial charge < -0.3 is 9.88 Å². The third-order valence-electron chi connectivity index (χ3n) is 10.8. The predicted octanol–water partition coefficient (Wildman–Crippen LogP) is 6.32. The van der Waals surface area contributed by atoms with Crippen molar-refractivity contribution in [2.24, 2.45) is 5.92 Å². The molecule has 1 atom stereocenters. The number of alkyl halides is 3. The van der Waals surface area contributed by atoms with Crippen LogP contribution >= 0.6 is 11.3 Å². The highest BCUT2D eigenvalue weighted by atomic mass is 32.2. The summed E-state index contributed by atoms with van der Waals surface area (Å²) in [6, 6.07) is 10.1. The van der Waals surface area contributed by atoms with E-state index in [1.165, 1.54) is 11.6 Å². The van der Waals surface area contributed by atoms with Crippen LogP contribution in [0.25, 0.3) is 21.1 Å². The van der Waals surface area contributed by atoms with E-state index in [9.17, 15) is 26.9 Å². The van der Waals surface area contributed by atoms with E-state index in [0.29, 0.717) is 60.4 Å². The molecule has 0 amide bonds. The molecular formula is C37H47F3N8O2S2. The monoisotopic (exact) mass is 759 g/mol. The Hall–Kier alpha value is -3.29. The molecule has 280 valence electrons. The Balaban J connectivity index is 0.986. The van der Waals surface area contributed by atoms with Gasteiger partial charge in [-0.05, 0) is 74.8 Å². The Bertz CT molecular complexity index is 2180. The van der Waals surface area contributed by atoms with Gasteiger partial charge >= 0.3 is 6.18 Å². The van der Waals surface area contributed by atoms with Gasteiger partial charge in [-0.1, -0.05) is 12.9 Å². The second-order valence-corrected chi connectivity index (χ2v) is 17.8. The van der Waals surface area contributed by atoms with Crippen LogP contribution in [0.3, 0.4) is 0 Å². The van der Waals surface area contributed by atoms with Gasteiger partial charge in [0.2, 0.25) is 10.0 Å². The average Bonchev–Trinajstić information content (AvgIpc) is 3.70. The molecule has 2 saturated heterocycles. The van der Waals surface area contributed by atoms with Gasteiger partial charge in [0.1, 0.15) is 28.2 Å². The first kappa shape index (κ1) is 33.3. The zero-order valence-electron chi connectivity index (χ0n) is 32.5. The van der Waals surface area contributed by atoms with Crippen molar-refractivity contribution >= 4 is 48.3 Å². The van der Waals surface area contributed by atoms with Gasteiger partial charge in [-0.2, -0.15) is 22.7 Å². The molecule has 3 fully saturated rings. The number of anilines is 1. The van der Waals surface area contributed by atoms with E-state index >= 15 is 0 Å². The van der Waals surface area contributed by atoms with Gasteiger partial charge in [-0.25, -0.2) is 18.4 Å². The minimum absolute atomic E-state index is 0.00571. The van der Waals surface area contributed by atoms with E-state index in [1.807, 2.05) is 6.07 Å². The highest BCUT2D eigenvalue weighted by Gasteiger charge is 2.35. The van der Waals surface area contributed by atoms with Crippen LogP contribution in [0.4, 0.5) is 19.0 Å². The van der Waals surface area contributed by atoms with E-state index in [0.717, 1.165) is 73.1 Å². The number of sulfonamides is 1. The number of piperidine rings is 1. The lowest BCUT2D eigenvalue weighted by molar-refractivity contribution is -0.126. The summed E-state index contributed by atoms with van der Waals surface area (Å²) in [6.07, 6.45) is -2.30. The summed E-state index contributed by atoms with van der Waals surface area (Å²) in [5.41, 5.74) is 3.88. The number of nitriles is 1. The zero-order chi connectivity index (χ0) is 39.3. The van der Waals surface area contributed by atoms with Crippen molar-refractivity contribution in [1.82, 2.24) is 28.6 Å². The largest absolute Gasteiger partial charge is 0.393 e. The standard InChI is InChI=1S/C37H47F3N8O2S2/c1-4-34-43-35(32-18-30(19-37(38,39)40)51-36(32)44-34)42-28-9-11-45(12-10-28)22-27-7-8-33-31(25(27)3)17-29(20-41)48(33)21-24(2)46-13-15-47(16-14-46)52(49,50)23-26-5-6-26/h7-8,17-18,24,26,28H,4-6,9-16,19,21-23H2,1-3H3,(H,42,43,44)/t24-/m0/s1/i1D3. The summed E-state index contributed by atoms with van der Waals surface area (Å²) in [7, 11) is -3.21. The van der Waals surface area contributed by atoms with E-state index in [4.69, 9.17) is 4.11 Å². The van der Waals surface area contributed by atoms with Gasteiger partial charge in [0.25, 0.3) is 0 Å². The number of hydrogen-bond donors (Lipinski definition) is 1. The number of hydrogen-bond acceptors (Lipinski definition) is 9. The van der Waals surface area contributed by atoms with Crippen LogP contribution in [0, 0.1) is 24.2 Å². The van der Waals surface area contributed by atoms with E-state index in [-0.39, 0.29) is 35.0 Å². The van der Waals surface area contributed by atoms with Crippen LogP contribution in [-0.4, -0.2) is 100 Å². The number of fused-ring (bicyclic) bond motifs is 2. The number of nitrogens with one attached hydrogen (secondary N) is 1. The Morgan fingerprint density at radius 3 is 2.50 bits per heavy atom. The molecule has 0 spiro atoms. The minimum Gasteiger partial charge on any atom is -0.367 e. The van der Waals surface area contributed by atoms with Crippen molar-refractivity contribution in [3.63, 3.8) is 0 Å². The van der Waals surface area contributed by atoms with Crippen LogP contribution in [0.2, 0.25) is 0 Å². The first-order valence-corrected chi connectivity index (χ1v) is 20.5. The van der Waals surface area contributed by atoms with Gasteiger partial charge in [-0.15, -0.1) is 11.3 Å². The van der Waals surface area contributed by atoms with Crippen LogP contribution in [0.1, 0.15) is 71.1 Å². The lowest BCUT2D eigenvalue weighted by Crippen LogP contribution is -2.52. The molecule has 1 saturated carbocycles. The Morgan fingerprint density at radius 2 is 1.83 bits per heavy atom. The lowest BCUT2D eigenvalue weighted by Gasteiger charge is -2.37. The number of nitrogens with zero attached hydrogens (tertiary/aromatic N) is 7. The fourth-order valence-electron chi connectivity index (χ4n) is 7.63. The summed E-state index contributed by atoms with van der Waals surface area (Å²) in [6.45, 7) is 7.09. The van der Waals surface area contributed by atoms with Crippen molar-refractivity contribution in [2.45, 2.75) is 90.6 Å². The van der Waals surface area contributed by atoms with E-state index in [1.54, 1.807) is 4.31 Å². The molecule has 0 bridgehead atoms. The first-order chi connectivity index (χ1) is 25.9. The van der Waals surface area contributed by atoms with Gasteiger partial charge in [0.05, 0.1) is 17.6 Å². The number of halogens is 3. The van der Waals surface area contributed by atoms with Crippen molar-refractivity contribution in [2.75, 3.05) is 50.3 Å². The average molecular weight is 760 g/mol. The maximum absolute atomic E-state index is 13.2. The molecule has 1 aliphatic carbocycles. The predicted molar refractivity (Wildman–Crippen MR) is 199 cm³/mol. The molecule has 2 aliphatic heterocycles. The zero-order valence-corrected chi connectivity index (χ0v) is 31.2. The lowest BCUT2D eigenvalue weighted by atomic mass is 10.0. The van der Waals surface area contributed by atoms with E-state index in [2.05, 4.69) is 61.7 Å². The van der Waals surface area contributed by atoms with Crippen LogP contribution in [-0.2, 0) is 36.0 Å². The van der Waals surface area contributed by atoms with Crippen molar-refractivity contribution in [1.29, 1.82) is 5.26 Å². The quantitative estimate of drug-likeness (QED) is 0.179. The molecule has 1 aromatic carbocycles. The molecule has 52 heavy (non-hydrogen) atoms. The minimum atomic E-state index is -4.37. The van der Waals surface area contributed by atoms with Crippen molar-refractivity contribution in [3.8, 4) is 6.07 Å². The number of piperazine rings is 1. The second-order valence-electron chi connectivity index (χ2n) is 14.6. The maximum Gasteiger partial charge on any atom is 0.393 e. The third-order valence-corrected chi connectivity index (χ3v) is 13.9. The first-order valence-electron chi connectivity index (χ1n) is 19.5. The SMILES string of the molecule is [2H]C([2H])([2H])Cc1nc(NC2CCN(Cc3ccc4c(cc(C#N)n4C[C@H](C)N4CCN(S(=O)(=O)CC5CC5)CC4)c3C)CC2)c2cc(CC(F)(F)F)sc2n1. The topological polar surface area (TPSA) is 110 Å². The molecule has 15 heteroatoms. The molecule has 0 unspecified atom stereocenters. The highest BCUT2D eigenvalue weighted by molar-refractivity contribution is 7.89. The summed E-state index contributed by atoms with van der Waals surface area (Å²) in [4.78, 5) is 13.9. The maximum atomic E-state index is 13.2. The molecule has 4 aromatic rings. The molecule has 0 radical (unpaired) electrons. The highest BCUT2D eigenvalue weighted by Crippen LogP contribution is 2.35. The van der Waals surface area contributed by atoms with Gasteiger partial charge in [0.15, 0.2) is 0 Å². The third kappa shape index (κ3) is 8.26. The van der Waals surface area contributed by atoms with Gasteiger partial charge in [0, 0.05) is 90.8 Å². The molecule has 1 N–H and O–H groups in total. The van der Waals surface area contributed by atoms with Crippen LogP contribution in [0.15, 0.2) is 24.3 Å². The smallest absolute Gasteiger partial charge is 0.367 e. The normalized spacial score (nSPS) is 20.5. The van der Waals surface area contributed by atoms with Crippen LogP contribution < -0.4 is 5.32 Å². The number of aromatic nitrogens is 3. The number of rotatable bonds is 12. The Labute approximate surface area is 311 Å². The molecule has 7 rings (SSSR count). The van der Waals surface area contributed by atoms with Crippen molar-refractivity contribution < 1.29 is 25.7 Å². The van der Waals surface area contributed by atoms with Gasteiger partial charge in [-0.3, -0.25) is 9.80 Å². The van der Waals surface area contributed by atoms with E-state index < -0.39 is 29.5 Å².